The normalized spacial score (nSPS) is 10.2. The Hall–Kier alpha value is -1.99. The molecule has 0 spiro atoms. The van der Waals surface area contributed by atoms with Crippen molar-refractivity contribution in [3.63, 3.8) is 0 Å². The maximum absolute atomic E-state index is 11.8. The van der Waals surface area contributed by atoms with Gasteiger partial charge in [-0.25, -0.2) is 0 Å². The fraction of sp³-hybridized carbons (Fsp3) is 0.294. The van der Waals surface area contributed by atoms with Gasteiger partial charge >= 0.3 is 0 Å². The van der Waals surface area contributed by atoms with Crippen LogP contribution in [0.2, 0.25) is 0 Å². The summed E-state index contributed by atoms with van der Waals surface area (Å²) in [6.07, 6.45) is 0.839. The van der Waals surface area contributed by atoms with E-state index in [4.69, 9.17) is 4.74 Å². The number of rotatable bonds is 9. The Labute approximate surface area is 149 Å². The van der Waals surface area contributed by atoms with Gasteiger partial charge in [-0.15, -0.1) is 23.1 Å². The molecular formula is C17H20N2O3S2. The zero-order valence-corrected chi connectivity index (χ0v) is 15.0. The highest BCUT2D eigenvalue weighted by Gasteiger charge is 2.06. The fourth-order valence-corrected chi connectivity index (χ4v) is 3.29. The largest absolute Gasteiger partial charge is 0.497 e. The summed E-state index contributed by atoms with van der Waals surface area (Å²) in [4.78, 5) is 24.8. The Bertz CT molecular complexity index is 642. The average Bonchev–Trinajstić information content (AvgIpc) is 3.09. The number of nitrogens with one attached hydrogen (secondary N) is 2. The molecule has 7 heteroatoms. The maximum Gasteiger partial charge on any atom is 0.234 e. The van der Waals surface area contributed by atoms with E-state index in [1.807, 2.05) is 11.4 Å². The van der Waals surface area contributed by atoms with Crippen LogP contribution in [0.1, 0.15) is 4.88 Å². The molecule has 2 N–H and O–H groups in total. The van der Waals surface area contributed by atoms with Crippen molar-refractivity contribution in [3.8, 4) is 5.75 Å². The van der Waals surface area contributed by atoms with Gasteiger partial charge in [0.25, 0.3) is 0 Å². The number of amides is 2. The molecular weight excluding hydrogens is 344 g/mol. The number of hydrogen-bond donors (Lipinski definition) is 2. The highest BCUT2D eigenvalue weighted by molar-refractivity contribution is 8.00. The van der Waals surface area contributed by atoms with E-state index in [9.17, 15) is 9.59 Å². The van der Waals surface area contributed by atoms with Crippen LogP contribution < -0.4 is 15.4 Å². The molecule has 0 saturated carbocycles. The first kappa shape index (κ1) is 18.4. The lowest BCUT2D eigenvalue weighted by Crippen LogP contribution is -2.27. The molecule has 24 heavy (non-hydrogen) atoms. The summed E-state index contributed by atoms with van der Waals surface area (Å²) >= 11 is 2.98. The van der Waals surface area contributed by atoms with E-state index in [1.54, 1.807) is 42.7 Å². The molecule has 2 rings (SSSR count). The van der Waals surface area contributed by atoms with Crippen molar-refractivity contribution in [1.29, 1.82) is 0 Å². The van der Waals surface area contributed by atoms with Gasteiger partial charge < -0.3 is 15.4 Å². The molecule has 5 nitrogen and oxygen atoms in total. The number of carbonyl (C=O) groups is 2. The monoisotopic (exact) mass is 364 g/mol. The zero-order valence-electron chi connectivity index (χ0n) is 13.4. The fourth-order valence-electron chi connectivity index (χ4n) is 1.94. The van der Waals surface area contributed by atoms with Gasteiger partial charge in [-0.1, -0.05) is 6.07 Å². The highest BCUT2D eigenvalue weighted by Crippen LogP contribution is 2.15. The molecule has 0 aliphatic carbocycles. The van der Waals surface area contributed by atoms with Crippen molar-refractivity contribution < 1.29 is 14.3 Å². The van der Waals surface area contributed by atoms with E-state index >= 15 is 0 Å². The van der Waals surface area contributed by atoms with Crippen molar-refractivity contribution in [1.82, 2.24) is 5.32 Å². The van der Waals surface area contributed by atoms with E-state index in [0.29, 0.717) is 12.2 Å². The molecule has 1 heterocycles. The summed E-state index contributed by atoms with van der Waals surface area (Å²) in [5.74, 6) is 1.08. The Kier molecular flexibility index (Phi) is 7.64. The van der Waals surface area contributed by atoms with Gasteiger partial charge in [0.1, 0.15) is 5.75 Å². The van der Waals surface area contributed by atoms with Gasteiger partial charge in [0.05, 0.1) is 18.6 Å². The number of ether oxygens (including phenoxy) is 1. The van der Waals surface area contributed by atoms with Gasteiger partial charge in [-0.3, -0.25) is 9.59 Å². The molecule has 0 radical (unpaired) electrons. The number of thiophene rings is 1. The van der Waals surface area contributed by atoms with Crippen LogP contribution in [-0.2, 0) is 16.0 Å². The maximum atomic E-state index is 11.8. The third-order valence-corrected chi connectivity index (χ3v) is 4.98. The van der Waals surface area contributed by atoms with Gasteiger partial charge in [-0.05, 0) is 42.1 Å². The summed E-state index contributed by atoms with van der Waals surface area (Å²) in [5, 5.41) is 7.66. The van der Waals surface area contributed by atoms with Crippen molar-refractivity contribution in [3.05, 3.63) is 46.7 Å². The summed E-state index contributed by atoms with van der Waals surface area (Å²) in [6, 6.07) is 11.2. The summed E-state index contributed by atoms with van der Waals surface area (Å²) in [5.41, 5.74) is 0.710. The van der Waals surface area contributed by atoms with Gasteiger partial charge in [0.2, 0.25) is 11.8 Å². The topological polar surface area (TPSA) is 67.4 Å². The van der Waals surface area contributed by atoms with Crippen LogP contribution >= 0.6 is 23.1 Å². The smallest absolute Gasteiger partial charge is 0.234 e. The van der Waals surface area contributed by atoms with Gasteiger partial charge in [0.15, 0.2) is 0 Å². The molecule has 0 fully saturated rings. The second-order valence-corrected chi connectivity index (χ2v) is 6.97. The van der Waals surface area contributed by atoms with E-state index < -0.39 is 0 Å². The third kappa shape index (κ3) is 6.64. The molecule has 2 amide bonds. The lowest BCUT2D eigenvalue weighted by Gasteiger charge is -2.07. The van der Waals surface area contributed by atoms with Crippen molar-refractivity contribution in [2.45, 2.75) is 6.42 Å². The van der Waals surface area contributed by atoms with Crippen LogP contribution in [0.15, 0.2) is 41.8 Å². The first-order valence-corrected chi connectivity index (χ1v) is 9.51. The van der Waals surface area contributed by atoms with E-state index in [1.165, 1.54) is 16.6 Å². The quantitative estimate of drug-likeness (QED) is 0.718. The molecule has 0 bridgehead atoms. The standard InChI is InChI=1S/C17H20N2O3S2/c1-22-14-6-4-13(5-7-14)19-17(21)12-23-11-16(20)18-9-8-15-3-2-10-24-15/h2-7,10H,8-9,11-12H2,1H3,(H,18,20)(H,19,21). The van der Waals surface area contributed by atoms with Crippen LogP contribution in [-0.4, -0.2) is 37.0 Å². The molecule has 0 atom stereocenters. The molecule has 0 aliphatic heterocycles. The predicted molar refractivity (Wildman–Crippen MR) is 100.0 cm³/mol. The number of thioether (sulfide) groups is 1. The SMILES string of the molecule is COc1ccc(NC(=O)CSCC(=O)NCCc2cccs2)cc1. The van der Waals surface area contributed by atoms with Crippen LogP contribution in [0, 0.1) is 0 Å². The third-order valence-electron chi connectivity index (χ3n) is 3.11. The molecule has 2 aromatic rings. The van der Waals surface area contributed by atoms with Crippen molar-refractivity contribution in [2.24, 2.45) is 0 Å². The minimum Gasteiger partial charge on any atom is -0.497 e. The molecule has 0 saturated heterocycles. The van der Waals surface area contributed by atoms with E-state index in [0.717, 1.165) is 12.2 Å². The lowest BCUT2D eigenvalue weighted by molar-refractivity contribution is -0.118. The Morgan fingerprint density at radius 2 is 1.88 bits per heavy atom. The van der Waals surface area contributed by atoms with Crippen LogP contribution in [0.25, 0.3) is 0 Å². The Morgan fingerprint density at radius 1 is 1.12 bits per heavy atom. The van der Waals surface area contributed by atoms with E-state index in [2.05, 4.69) is 16.7 Å². The van der Waals surface area contributed by atoms with Gasteiger partial charge in [0, 0.05) is 17.1 Å². The zero-order chi connectivity index (χ0) is 17.2. The summed E-state index contributed by atoms with van der Waals surface area (Å²) in [7, 11) is 1.59. The molecule has 0 aliphatic rings. The van der Waals surface area contributed by atoms with Crippen LogP contribution in [0.3, 0.4) is 0 Å². The molecule has 1 aromatic carbocycles. The van der Waals surface area contributed by atoms with Crippen LogP contribution in [0.4, 0.5) is 5.69 Å². The highest BCUT2D eigenvalue weighted by atomic mass is 32.2. The first-order valence-electron chi connectivity index (χ1n) is 7.48. The number of methoxy groups -OCH3 is 1. The summed E-state index contributed by atoms with van der Waals surface area (Å²) in [6.45, 7) is 0.623. The number of carbonyl (C=O) groups excluding carboxylic acids is 2. The Morgan fingerprint density at radius 3 is 2.54 bits per heavy atom. The minimum absolute atomic E-state index is 0.0474. The predicted octanol–water partition coefficient (Wildman–Crippen LogP) is 2.79. The lowest BCUT2D eigenvalue weighted by atomic mass is 10.3. The average molecular weight is 364 g/mol. The minimum atomic E-state index is -0.128. The Balaban J connectivity index is 1.58. The second-order valence-electron chi connectivity index (χ2n) is 4.95. The van der Waals surface area contributed by atoms with Crippen molar-refractivity contribution >= 4 is 40.6 Å². The van der Waals surface area contributed by atoms with Crippen LogP contribution in [0.5, 0.6) is 5.75 Å². The van der Waals surface area contributed by atoms with Gasteiger partial charge in [-0.2, -0.15) is 0 Å². The van der Waals surface area contributed by atoms with E-state index in [-0.39, 0.29) is 23.3 Å². The summed E-state index contributed by atoms with van der Waals surface area (Å²) < 4.78 is 5.06. The second kappa shape index (κ2) is 10.00. The first-order chi connectivity index (χ1) is 11.7. The van der Waals surface area contributed by atoms with Crippen molar-refractivity contribution in [2.75, 3.05) is 30.5 Å². The number of hydrogen-bond acceptors (Lipinski definition) is 5. The molecule has 0 unspecified atom stereocenters. The number of benzene rings is 1. The number of anilines is 1. The molecule has 128 valence electrons. The molecule has 1 aromatic heterocycles.